The van der Waals surface area contributed by atoms with Crippen molar-refractivity contribution in [2.24, 2.45) is 0 Å². The Hall–Kier alpha value is -2.29. The largest absolute Gasteiger partial charge is 0.472 e. The fraction of sp³-hybridized carbons (Fsp3) is 0.844. The molecule has 0 aromatic heterocycles. The van der Waals surface area contributed by atoms with Crippen molar-refractivity contribution in [1.29, 1.82) is 0 Å². The second-order valence-corrected chi connectivity index (χ2v) is 28.3. The van der Waals surface area contributed by atoms with E-state index in [9.17, 15) is 19.0 Å². The lowest BCUT2D eigenvalue weighted by atomic mass is 10.0. The first-order valence-corrected chi connectivity index (χ1v) is 39.1. The van der Waals surface area contributed by atoms with Gasteiger partial charge in [0.05, 0.1) is 33.8 Å². The standard InChI is InChI=1S/C77H145N2O7P/c1-7-10-13-16-19-22-25-27-29-31-33-35-37-38-39-40-42-44-46-48-50-52-55-58-61-64-67-70-77(81)86-75(68-65-62-59-56-53-24-21-18-15-12-9-3)74(73-85-87(82,83)84-72-71-79(4,5)6)78-76(80)69-66-63-60-57-54-51-49-47-45-43-41-36-34-32-30-28-26-23-20-17-14-11-8-2/h19,22,27,29,33,35,38-39,65,68,74-75H,7-18,20-21,23-26,28,30-32,34,36-37,40-64,66-67,69-73H2,1-6H3,(H-,78,80,82,83)/p+1/b22-19-,29-27-,35-33-,39-38-,68-65+. The molecule has 0 saturated heterocycles. The van der Waals surface area contributed by atoms with Gasteiger partial charge in [0.15, 0.2) is 0 Å². The van der Waals surface area contributed by atoms with Gasteiger partial charge in [0.2, 0.25) is 5.91 Å². The zero-order chi connectivity index (χ0) is 63.5. The number of ether oxygens (including phenoxy) is 1. The van der Waals surface area contributed by atoms with Crippen LogP contribution in [0.25, 0.3) is 0 Å². The fourth-order valence-corrected chi connectivity index (χ4v) is 11.9. The smallest absolute Gasteiger partial charge is 0.456 e. The Kier molecular flexibility index (Phi) is 64.9. The summed E-state index contributed by atoms with van der Waals surface area (Å²) in [6.45, 7) is 7.03. The van der Waals surface area contributed by atoms with Crippen molar-refractivity contribution in [3.63, 3.8) is 0 Å². The number of quaternary nitrogens is 1. The Balaban J connectivity index is 4.94. The number of phosphoric ester groups is 1. The Morgan fingerprint density at radius 2 is 0.701 bits per heavy atom. The number of hydrogen-bond acceptors (Lipinski definition) is 6. The van der Waals surface area contributed by atoms with Crippen LogP contribution >= 0.6 is 7.82 Å². The van der Waals surface area contributed by atoms with Gasteiger partial charge in [-0.15, -0.1) is 0 Å². The summed E-state index contributed by atoms with van der Waals surface area (Å²) in [5, 5.41) is 3.08. The molecule has 0 aliphatic heterocycles. The number of amides is 1. The predicted molar refractivity (Wildman–Crippen MR) is 378 cm³/mol. The molecule has 0 aromatic carbocycles. The molecule has 0 radical (unpaired) electrons. The number of nitrogens with zero attached hydrogens (tertiary/aromatic N) is 1. The topological polar surface area (TPSA) is 111 Å². The highest BCUT2D eigenvalue weighted by atomic mass is 31.2. The maximum atomic E-state index is 13.6. The third kappa shape index (κ3) is 67.9. The molecule has 0 aromatic rings. The van der Waals surface area contributed by atoms with Gasteiger partial charge < -0.3 is 19.4 Å². The second-order valence-electron chi connectivity index (χ2n) is 26.8. The lowest BCUT2D eigenvalue weighted by Crippen LogP contribution is -2.47. The summed E-state index contributed by atoms with van der Waals surface area (Å²) < 4.78 is 30.9. The normalized spacial score (nSPS) is 13.8. The predicted octanol–water partition coefficient (Wildman–Crippen LogP) is 24.1. The lowest BCUT2D eigenvalue weighted by Gasteiger charge is -2.27. The number of hydrogen-bond donors (Lipinski definition) is 2. The summed E-state index contributed by atoms with van der Waals surface area (Å²) >= 11 is 0. The number of nitrogens with one attached hydrogen (secondary N) is 1. The fourth-order valence-electron chi connectivity index (χ4n) is 11.2. The van der Waals surface area contributed by atoms with Crippen molar-refractivity contribution in [3.8, 4) is 0 Å². The van der Waals surface area contributed by atoms with Crippen LogP contribution in [0.3, 0.4) is 0 Å². The monoisotopic (exact) mass is 1240 g/mol. The molecule has 10 heteroatoms. The Labute approximate surface area is 541 Å². The minimum absolute atomic E-state index is 0.0408. The van der Waals surface area contributed by atoms with E-state index in [1.165, 1.54) is 257 Å². The van der Waals surface area contributed by atoms with Crippen LogP contribution in [-0.2, 0) is 27.9 Å². The molecule has 3 unspecified atom stereocenters. The van der Waals surface area contributed by atoms with Gasteiger partial charge in [-0.25, -0.2) is 4.57 Å². The Morgan fingerprint density at radius 1 is 0.402 bits per heavy atom. The molecule has 0 fully saturated rings. The van der Waals surface area contributed by atoms with Crippen LogP contribution in [-0.4, -0.2) is 74.3 Å². The number of allylic oxidation sites excluding steroid dienone is 9. The van der Waals surface area contributed by atoms with E-state index >= 15 is 0 Å². The third-order valence-corrected chi connectivity index (χ3v) is 17.9. The van der Waals surface area contributed by atoms with Gasteiger partial charge in [-0.05, 0) is 76.7 Å². The maximum absolute atomic E-state index is 13.6. The molecule has 0 aliphatic rings. The molecule has 0 rings (SSSR count). The van der Waals surface area contributed by atoms with Crippen LogP contribution in [0.1, 0.15) is 367 Å². The first kappa shape index (κ1) is 84.7. The zero-order valence-corrected chi connectivity index (χ0v) is 59.4. The van der Waals surface area contributed by atoms with E-state index in [1.54, 1.807) is 0 Å². The van der Waals surface area contributed by atoms with Gasteiger partial charge in [0.1, 0.15) is 19.3 Å². The number of phosphoric acid groups is 1. The average Bonchev–Trinajstić information content (AvgIpc) is 3.70. The van der Waals surface area contributed by atoms with E-state index < -0.39 is 20.0 Å². The summed E-state index contributed by atoms with van der Waals surface area (Å²) in [6.07, 6.45) is 86.7. The highest BCUT2D eigenvalue weighted by molar-refractivity contribution is 7.47. The van der Waals surface area contributed by atoms with Crippen LogP contribution in [0.4, 0.5) is 0 Å². The Bertz CT molecular complexity index is 1670. The zero-order valence-electron chi connectivity index (χ0n) is 58.5. The lowest BCUT2D eigenvalue weighted by molar-refractivity contribution is -0.870. The summed E-state index contributed by atoms with van der Waals surface area (Å²) in [4.78, 5) is 37.9. The van der Waals surface area contributed by atoms with Crippen molar-refractivity contribution in [3.05, 3.63) is 60.8 Å². The van der Waals surface area contributed by atoms with E-state index in [0.717, 1.165) is 77.0 Å². The molecule has 87 heavy (non-hydrogen) atoms. The van der Waals surface area contributed by atoms with Crippen LogP contribution in [0.2, 0.25) is 0 Å². The van der Waals surface area contributed by atoms with Crippen LogP contribution < -0.4 is 5.32 Å². The summed E-state index contributed by atoms with van der Waals surface area (Å²) in [7, 11) is 1.51. The molecular weight excluding hydrogens is 1100 g/mol. The molecule has 3 atom stereocenters. The van der Waals surface area contributed by atoms with Gasteiger partial charge in [-0.2, -0.15) is 0 Å². The number of esters is 1. The van der Waals surface area contributed by atoms with E-state index in [2.05, 4.69) is 74.7 Å². The van der Waals surface area contributed by atoms with E-state index in [-0.39, 0.29) is 31.5 Å². The van der Waals surface area contributed by atoms with Gasteiger partial charge in [-0.3, -0.25) is 18.6 Å². The van der Waals surface area contributed by atoms with Crippen molar-refractivity contribution < 1.29 is 37.3 Å². The minimum Gasteiger partial charge on any atom is -0.456 e. The van der Waals surface area contributed by atoms with Crippen LogP contribution in [0, 0.1) is 0 Å². The van der Waals surface area contributed by atoms with Crippen molar-refractivity contribution >= 4 is 19.7 Å². The highest BCUT2D eigenvalue weighted by Crippen LogP contribution is 2.43. The van der Waals surface area contributed by atoms with Crippen LogP contribution in [0.5, 0.6) is 0 Å². The van der Waals surface area contributed by atoms with Crippen molar-refractivity contribution in [1.82, 2.24) is 5.32 Å². The van der Waals surface area contributed by atoms with Gasteiger partial charge in [-0.1, -0.05) is 339 Å². The number of rotatable bonds is 69. The van der Waals surface area contributed by atoms with Crippen molar-refractivity contribution in [2.45, 2.75) is 380 Å². The van der Waals surface area contributed by atoms with Crippen molar-refractivity contribution in [2.75, 3.05) is 40.9 Å². The molecule has 0 aliphatic carbocycles. The molecular formula is C77H146N2O7P+. The Morgan fingerprint density at radius 3 is 1.07 bits per heavy atom. The van der Waals surface area contributed by atoms with Gasteiger partial charge >= 0.3 is 13.8 Å². The molecule has 0 bridgehead atoms. The summed E-state index contributed by atoms with van der Waals surface area (Å²) in [5.74, 6) is -0.492. The van der Waals surface area contributed by atoms with E-state index in [4.69, 9.17) is 13.8 Å². The summed E-state index contributed by atoms with van der Waals surface area (Å²) in [5.41, 5.74) is 0. The van der Waals surface area contributed by atoms with Gasteiger partial charge in [0.25, 0.3) is 0 Å². The van der Waals surface area contributed by atoms with E-state index in [0.29, 0.717) is 17.4 Å². The molecule has 9 nitrogen and oxygen atoms in total. The molecule has 1 amide bonds. The highest BCUT2D eigenvalue weighted by Gasteiger charge is 2.30. The number of unbranched alkanes of at least 4 members (excludes halogenated alkanes) is 45. The van der Waals surface area contributed by atoms with Crippen LogP contribution in [0.15, 0.2) is 60.8 Å². The summed E-state index contributed by atoms with van der Waals surface area (Å²) in [6, 6.07) is -0.849. The second kappa shape index (κ2) is 66.6. The maximum Gasteiger partial charge on any atom is 0.472 e. The first-order valence-electron chi connectivity index (χ1n) is 37.6. The molecule has 2 N–H and O–H groups in total. The number of carbonyl (C=O) groups is 2. The molecule has 0 heterocycles. The SMILES string of the molecule is CCCCC/C=C\C/C=C\C/C=C\C/C=C\CCCCCCCCCCCCCC(=O)OC(/C=C/CCCCCCCCCCC)C(COP(=O)(O)OCC[N+](C)(C)C)NC(=O)CCCCCCCCCCCCCCCCCCCCCCCCC. The first-order chi connectivity index (χ1) is 42.4. The number of carbonyl (C=O) groups excluding carboxylic acids is 2. The number of likely N-dealkylation sites (N-methyl/N-ethyl adjacent to an activating group) is 1. The minimum atomic E-state index is -4.45. The third-order valence-electron chi connectivity index (χ3n) is 17.0. The van der Waals surface area contributed by atoms with E-state index in [1.807, 2.05) is 33.3 Å². The van der Waals surface area contributed by atoms with Gasteiger partial charge in [0, 0.05) is 12.8 Å². The molecule has 0 spiro atoms. The molecule has 0 saturated carbocycles. The molecule has 510 valence electrons. The quantitative estimate of drug-likeness (QED) is 0.0205. The average molecular weight is 1240 g/mol.